The van der Waals surface area contributed by atoms with Gasteiger partial charge in [0.25, 0.3) is 0 Å². The first-order chi connectivity index (χ1) is 11.6. The normalized spacial score (nSPS) is 20.8. The summed E-state index contributed by atoms with van der Waals surface area (Å²) in [5.41, 5.74) is 2.13. The Morgan fingerprint density at radius 1 is 1.46 bits per heavy atom. The summed E-state index contributed by atoms with van der Waals surface area (Å²) in [5.74, 6) is 1.02. The van der Waals surface area contributed by atoms with Crippen LogP contribution >= 0.6 is 35.3 Å². The van der Waals surface area contributed by atoms with Crippen molar-refractivity contribution in [2.75, 3.05) is 5.75 Å². The molecule has 0 spiro atoms. The maximum atomic E-state index is 6.10. The van der Waals surface area contributed by atoms with Crippen molar-refractivity contribution in [1.29, 1.82) is 0 Å². The molecular weight excluding hydrogens is 360 g/mol. The maximum Gasteiger partial charge on any atom is 0.201 e. The molecular formula is C16H20N4OS3. The zero-order chi connectivity index (χ0) is 16.9. The molecule has 0 radical (unpaired) electrons. The molecule has 8 heteroatoms. The van der Waals surface area contributed by atoms with Crippen LogP contribution in [0, 0.1) is 4.77 Å². The minimum atomic E-state index is -0.110. The number of nitrogens with one attached hydrogen (secondary N) is 1. The summed E-state index contributed by atoms with van der Waals surface area (Å²) in [5, 5.41) is 9.55. The van der Waals surface area contributed by atoms with Crippen LogP contribution < -0.4 is 0 Å². The van der Waals surface area contributed by atoms with E-state index in [-0.39, 0.29) is 5.60 Å². The molecule has 0 bridgehead atoms. The minimum Gasteiger partial charge on any atom is -0.369 e. The topological polar surface area (TPSA) is 55.2 Å². The third kappa shape index (κ3) is 2.51. The third-order valence-electron chi connectivity index (χ3n) is 4.64. The van der Waals surface area contributed by atoms with E-state index in [2.05, 4.69) is 31.0 Å². The summed E-state index contributed by atoms with van der Waals surface area (Å²) < 4.78 is 8.71. The second-order valence-corrected chi connectivity index (χ2v) is 8.92. The van der Waals surface area contributed by atoms with Crippen molar-refractivity contribution in [3.63, 3.8) is 0 Å². The van der Waals surface area contributed by atoms with Gasteiger partial charge < -0.3 is 4.74 Å². The van der Waals surface area contributed by atoms with Crippen molar-refractivity contribution in [3.05, 3.63) is 15.2 Å². The average Bonchev–Trinajstić information content (AvgIpc) is 3.13. The third-order valence-corrected chi connectivity index (χ3v) is 7.16. The van der Waals surface area contributed by atoms with Gasteiger partial charge in [-0.05, 0) is 37.5 Å². The highest BCUT2D eigenvalue weighted by Crippen LogP contribution is 2.41. The van der Waals surface area contributed by atoms with Crippen molar-refractivity contribution >= 4 is 51.2 Å². The molecule has 1 unspecified atom stereocenters. The Hall–Kier alpha value is -0.960. The van der Waals surface area contributed by atoms with E-state index in [1.807, 2.05) is 4.40 Å². The maximum absolute atomic E-state index is 6.10. The lowest BCUT2D eigenvalue weighted by Gasteiger charge is -2.32. The van der Waals surface area contributed by atoms with E-state index in [1.165, 1.54) is 10.4 Å². The van der Waals surface area contributed by atoms with Crippen molar-refractivity contribution < 1.29 is 4.74 Å². The molecule has 3 aromatic rings. The number of rotatable bonds is 4. The molecule has 0 saturated heterocycles. The van der Waals surface area contributed by atoms with Crippen LogP contribution in [0.3, 0.4) is 0 Å². The van der Waals surface area contributed by atoms with Gasteiger partial charge in [-0.3, -0.25) is 5.10 Å². The van der Waals surface area contributed by atoms with Gasteiger partial charge in [0, 0.05) is 17.1 Å². The number of thioether (sulfide) groups is 1. The Labute approximate surface area is 153 Å². The quantitative estimate of drug-likeness (QED) is 0.402. The van der Waals surface area contributed by atoms with Crippen molar-refractivity contribution in [2.45, 2.75) is 57.4 Å². The van der Waals surface area contributed by atoms with Gasteiger partial charge in [-0.1, -0.05) is 25.6 Å². The van der Waals surface area contributed by atoms with Gasteiger partial charge in [0.1, 0.15) is 4.83 Å². The van der Waals surface area contributed by atoms with Crippen LogP contribution in [0.15, 0.2) is 5.16 Å². The van der Waals surface area contributed by atoms with Gasteiger partial charge in [-0.25, -0.2) is 9.38 Å². The molecule has 0 aromatic carbocycles. The zero-order valence-electron chi connectivity index (χ0n) is 14.0. The molecule has 24 heavy (non-hydrogen) atoms. The van der Waals surface area contributed by atoms with E-state index in [4.69, 9.17) is 21.9 Å². The highest BCUT2D eigenvalue weighted by atomic mass is 32.2. The molecule has 0 saturated carbocycles. The average molecular weight is 381 g/mol. The Kier molecular flexibility index (Phi) is 4.19. The summed E-state index contributed by atoms with van der Waals surface area (Å²) in [6, 6.07) is 0. The van der Waals surface area contributed by atoms with E-state index in [9.17, 15) is 0 Å². The summed E-state index contributed by atoms with van der Waals surface area (Å²) in [6.45, 7) is 7.20. The molecule has 1 N–H and O–H groups in total. The highest BCUT2D eigenvalue weighted by Gasteiger charge is 2.33. The number of hydrogen-bond donors (Lipinski definition) is 1. The number of aromatic nitrogens is 4. The number of aromatic amines is 1. The number of nitrogens with zero attached hydrogens (tertiary/aromatic N) is 3. The van der Waals surface area contributed by atoms with Crippen LogP contribution in [-0.4, -0.2) is 30.9 Å². The summed E-state index contributed by atoms with van der Waals surface area (Å²) in [7, 11) is 0. The lowest BCUT2D eigenvalue weighted by atomic mass is 9.90. The number of ether oxygens (including phenoxy) is 1. The molecule has 0 amide bonds. The van der Waals surface area contributed by atoms with Crippen molar-refractivity contribution in [1.82, 2.24) is 19.6 Å². The highest BCUT2D eigenvalue weighted by molar-refractivity contribution is 7.99. The van der Waals surface area contributed by atoms with Crippen molar-refractivity contribution in [3.8, 4) is 0 Å². The Morgan fingerprint density at radius 3 is 3.04 bits per heavy atom. The Bertz CT molecular complexity index is 973. The first-order valence-corrected chi connectivity index (χ1v) is 10.5. The van der Waals surface area contributed by atoms with E-state index in [1.54, 1.807) is 23.1 Å². The number of thiophene rings is 1. The molecule has 0 fully saturated rings. The number of hydrogen-bond acceptors (Lipinski definition) is 6. The molecule has 4 rings (SSSR count). The van der Waals surface area contributed by atoms with Gasteiger partial charge in [0.2, 0.25) is 4.77 Å². The fourth-order valence-electron chi connectivity index (χ4n) is 3.07. The van der Waals surface area contributed by atoms with Gasteiger partial charge in [-0.15, -0.1) is 11.3 Å². The molecule has 4 heterocycles. The second-order valence-electron chi connectivity index (χ2n) is 6.38. The first-order valence-electron chi connectivity index (χ1n) is 8.24. The molecule has 1 aliphatic heterocycles. The smallest absolute Gasteiger partial charge is 0.201 e. The first kappa shape index (κ1) is 16.5. The van der Waals surface area contributed by atoms with E-state index in [0.29, 0.717) is 11.4 Å². The molecule has 1 aliphatic rings. The molecule has 0 aliphatic carbocycles. The lowest BCUT2D eigenvalue weighted by molar-refractivity contribution is -0.0542. The Morgan fingerprint density at radius 2 is 2.29 bits per heavy atom. The van der Waals surface area contributed by atoms with Gasteiger partial charge in [-0.2, -0.15) is 5.10 Å². The SMILES string of the molecule is CCCSc1nc2sc3c(c2c2n[nH]c(=S)n12)CC(C)(CC)OC3. The predicted octanol–water partition coefficient (Wildman–Crippen LogP) is 4.75. The van der Waals surface area contributed by atoms with E-state index in [0.717, 1.165) is 46.0 Å². The van der Waals surface area contributed by atoms with Gasteiger partial charge >= 0.3 is 0 Å². The van der Waals surface area contributed by atoms with Crippen LogP contribution in [0.5, 0.6) is 0 Å². The Balaban J connectivity index is 1.98. The van der Waals surface area contributed by atoms with Crippen LogP contribution in [-0.2, 0) is 17.8 Å². The van der Waals surface area contributed by atoms with Crippen LogP contribution in [0.2, 0.25) is 0 Å². The van der Waals surface area contributed by atoms with Gasteiger partial charge in [0.15, 0.2) is 10.8 Å². The fraction of sp³-hybridized carbons (Fsp3) is 0.562. The monoisotopic (exact) mass is 380 g/mol. The minimum absolute atomic E-state index is 0.110. The van der Waals surface area contributed by atoms with E-state index >= 15 is 0 Å². The molecule has 3 aromatic heterocycles. The largest absolute Gasteiger partial charge is 0.369 e. The predicted molar refractivity (Wildman–Crippen MR) is 102 cm³/mol. The van der Waals surface area contributed by atoms with Crippen LogP contribution in [0.1, 0.15) is 44.1 Å². The van der Waals surface area contributed by atoms with Crippen LogP contribution in [0.25, 0.3) is 15.9 Å². The van der Waals surface area contributed by atoms with Gasteiger partial charge in [0.05, 0.1) is 17.6 Å². The molecule has 5 nitrogen and oxygen atoms in total. The fourth-order valence-corrected chi connectivity index (χ4v) is 5.35. The zero-order valence-corrected chi connectivity index (χ0v) is 16.5. The standard InChI is InChI=1S/C16H20N4OS3/c1-4-6-23-15-17-13-11(12-18-19-14(22)20(12)15)9-7-16(3,5-2)21-8-10(9)24-13/h4-8H2,1-3H3,(H,19,22). The van der Waals surface area contributed by atoms with Crippen molar-refractivity contribution in [2.24, 2.45) is 0 Å². The molecule has 128 valence electrons. The van der Waals surface area contributed by atoms with Crippen LogP contribution in [0.4, 0.5) is 0 Å². The lowest BCUT2D eigenvalue weighted by Crippen LogP contribution is -2.33. The number of H-pyrrole nitrogens is 1. The summed E-state index contributed by atoms with van der Waals surface area (Å²) in [4.78, 5) is 7.24. The summed E-state index contributed by atoms with van der Waals surface area (Å²) >= 11 is 8.92. The molecule has 1 atom stereocenters. The number of fused-ring (bicyclic) bond motifs is 5. The second kappa shape index (κ2) is 6.09. The van der Waals surface area contributed by atoms with E-state index < -0.39 is 0 Å². The summed E-state index contributed by atoms with van der Waals surface area (Å²) in [6.07, 6.45) is 2.99.